The molecule has 0 fully saturated rings. The molecule has 1 atom stereocenters. The first kappa shape index (κ1) is 12.4. The molecule has 0 aliphatic heterocycles. The molecule has 0 aromatic carbocycles. The molecular formula is C14H20N2S. The second kappa shape index (κ2) is 5.52. The molecule has 0 bridgehead atoms. The predicted octanol–water partition coefficient (Wildman–Crippen LogP) is 3.51. The lowest BCUT2D eigenvalue weighted by Crippen LogP contribution is -2.21. The first-order valence-electron chi connectivity index (χ1n) is 6.04. The molecule has 92 valence electrons. The van der Waals surface area contributed by atoms with Crippen LogP contribution in [0.25, 0.3) is 0 Å². The van der Waals surface area contributed by atoms with Gasteiger partial charge in [-0.15, -0.1) is 0 Å². The van der Waals surface area contributed by atoms with E-state index >= 15 is 0 Å². The summed E-state index contributed by atoms with van der Waals surface area (Å²) in [6.45, 7) is 5.47. The van der Waals surface area contributed by atoms with Crippen molar-refractivity contribution in [3.63, 3.8) is 0 Å². The van der Waals surface area contributed by atoms with Crippen molar-refractivity contribution in [3.8, 4) is 0 Å². The normalized spacial score (nSPS) is 13.2. The Kier molecular flexibility index (Phi) is 4.02. The van der Waals surface area contributed by atoms with E-state index in [2.05, 4.69) is 59.0 Å². The SMILES string of the molecule is CNC(c1ccn(Cc2ccsc2)c1)C(C)C. The lowest BCUT2D eigenvalue weighted by Gasteiger charge is -2.18. The molecule has 2 aromatic heterocycles. The Bertz CT molecular complexity index is 442. The zero-order valence-electron chi connectivity index (χ0n) is 10.7. The topological polar surface area (TPSA) is 17.0 Å². The zero-order valence-corrected chi connectivity index (χ0v) is 11.5. The highest BCUT2D eigenvalue weighted by Gasteiger charge is 2.14. The van der Waals surface area contributed by atoms with Gasteiger partial charge in [-0.1, -0.05) is 13.8 Å². The summed E-state index contributed by atoms with van der Waals surface area (Å²) in [5.41, 5.74) is 2.75. The summed E-state index contributed by atoms with van der Waals surface area (Å²) in [5, 5.41) is 7.71. The molecule has 0 aliphatic rings. The van der Waals surface area contributed by atoms with Crippen LogP contribution in [0.4, 0.5) is 0 Å². The fraction of sp³-hybridized carbons (Fsp3) is 0.429. The molecule has 0 radical (unpaired) electrons. The number of aromatic nitrogens is 1. The first-order chi connectivity index (χ1) is 8.20. The van der Waals surface area contributed by atoms with E-state index in [1.54, 1.807) is 11.3 Å². The standard InChI is InChI=1S/C14H20N2S/c1-11(2)14(15-3)13-4-6-16(9-13)8-12-5-7-17-10-12/h4-7,9-11,14-15H,8H2,1-3H3. The Labute approximate surface area is 107 Å². The second-order valence-corrected chi connectivity index (χ2v) is 5.54. The van der Waals surface area contributed by atoms with Gasteiger partial charge < -0.3 is 9.88 Å². The smallest absolute Gasteiger partial charge is 0.0478 e. The maximum atomic E-state index is 3.38. The largest absolute Gasteiger partial charge is 0.350 e. The monoisotopic (exact) mass is 248 g/mol. The molecule has 3 heteroatoms. The molecule has 2 aromatic rings. The average Bonchev–Trinajstić information content (AvgIpc) is 2.91. The van der Waals surface area contributed by atoms with E-state index in [9.17, 15) is 0 Å². The van der Waals surface area contributed by atoms with E-state index in [4.69, 9.17) is 0 Å². The highest BCUT2D eigenvalue weighted by Crippen LogP contribution is 2.21. The van der Waals surface area contributed by atoms with E-state index < -0.39 is 0 Å². The molecule has 1 unspecified atom stereocenters. The van der Waals surface area contributed by atoms with Gasteiger partial charge in [0.15, 0.2) is 0 Å². The van der Waals surface area contributed by atoms with Gasteiger partial charge in [0.1, 0.15) is 0 Å². The van der Waals surface area contributed by atoms with E-state index in [0.29, 0.717) is 12.0 Å². The highest BCUT2D eigenvalue weighted by molar-refractivity contribution is 7.07. The Morgan fingerprint density at radius 3 is 2.76 bits per heavy atom. The number of nitrogens with zero attached hydrogens (tertiary/aromatic N) is 1. The van der Waals surface area contributed by atoms with Gasteiger partial charge in [0.25, 0.3) is 0 Å². The van der Waals surface area contributed by atoms with Crippen molar-refractivity contribution in [1.29, 1.82) is 0 Å². The summed E-state index contributed by atoms with van der Waals surface area (Å²) < 4.78 is 2.25. The van der Waals surface area contributed by atoms with Gasteiger partial charge in [-0.05, 0) is 47.0 Å². The maximum Gasteiger partial charge on any atom is 0.0478 e. The molecule has 0 aliphatic carbocycles. The first-order valence-corrected chi connectivity index (χ1v) is 6.99. The number of nitrogens with one attached hydrogen (secondary N) is 1. The van der Waals surface area contributed by atoms with Crippen molar-refractivity contribution in [2.75, 3.05) is 7.05 Å². The molecule has 0 saturated heterocycles. The molecule has 2 nitrogen and oxygen atoms in total. The summed E-state index contributed by atoms with van der Waals surface area (Å²) >= 11 is 1.76. The van der Waals surface area contributed by atoms with Gasteiger partial charge in [0.2, 0.25) is 0 Å². The Balaban J connectivity index is 2.10. The van der Waals surface area contributed by atoms with Crippen LogP contribution >= 0.6 is 11.3 Å². The summed E-state index contributed by atoms with van der Waals surface area (Å²) in [7, 11) is 2.03. The van der Waals surface area contributed by atoms with Crippen LogP contribution in [0.1, 0.15) is 31.0 Å². The molecule has 0 amide bonds. The van der Waals surface area contributed by atoms with Crippen LogP contribution in [-0.4, -0.2) is 11.6 Å². The van der Waals surface area contributed by atoms with E-state index in [-0.39, 0.29) is 0 Å². The van der Waals surface area contributed by atoms with Gasteiger partial charge >= 0.3 is 0 Å². The van der Waals surface area contributed by atoms with Crippen molar-refractivity contribution >= 4 is 11.3 Å². The van der Waals surface area contributed by atoms with Crippen LogP contribution in [0.3, 0.4) is 0 Å². The van der Waals surface area contributed by atoms with Gasteiger partial charge in [-0.25, -0.2) is 0 Å². The number of hydrogen-bond acceptors (Lipinski definition) is 2. The highest BCUT2D eigenvalue weighted by atomic mass is 32.1. The summed E-state index contributed by atoms with van der Waals surface area (Å²) in [4.78, 5) is 0. The number of rotatable bonds is 5. The molecule has 17 heavy (non-hydrogen) atoms. The van der Waals surface area contributed by atoms with Crippen molar-refractivity contribution in [2.45, 2.75) is 26.4 Å². The second-order valence-electron chi connectivity index (χ2n) is 4.76. The van der Waals surface area contributed by atoms with E-state index in [1.807, 2.05) is 7.05 Å². The number of thiophene rings is 1. The fourth-order valence-electron chi connectivity index (χ4n) is 2.22. The van der Waals surface area contributed by atoms with Crippen molar-refractivity contribution in [2.24, 2.45) is 5.92 Å². The minimum Gasteiger partial charge on any atom is -0.350 e. The Hall–Kier alpha value is -1.06. The molecule has 0 spiro atoms. The van der Waals surface area contributed by atoms with Crippen molar-refractivity contribution < 1.29 is 0 Å². The third-order valence-corrected chi connectivity index (χ3v) is 3.79. The maximum absolute atomic E-state index is 3.38. The van der Waals surface area contributed by atoms with Gasteiger partial charge in [0.05, 0.1) is 0 Å². The van der Waals surface area contributed by atoms with Crippen molar-refractivity contribution in [1.82, 2.24) is 9.88 Å². The molecule has 2 rings (SSSR count). The Morgan fingerprint density at radius 2 is 2.18 bits per heavy atom. The minimum absolute atomic E-state index is 0.443. The zero-order chi connectivity index (χ0) is 12.3. The third-order valence-electron chi connectivity index (χ3n) is 3.06. The van der Waals surface area contributed by atoms with Gasteiger partial charge in [-0.3, -0.25) is 0 Å². The molecule has 2 heterocycles. The van der Waals surface area contributed by atoms with Crippen LogP contribution in [0.15, 0.2) is 35.3 Å². The molecule has 0 saturated carbocycles. The predicted molar refractivity (Wildman–Crippen MR) is 74.5 cm³/mol. The van der Waals surface area contributed by atoms with Gasteiger partial charge in [0, 0.05) is 25.0 Å². The van der Waals surface area contributed by atoms with E-state index in [0.717, 1.165) is 6.54 Å². The van der Waals surface area contributed by atoms with Crippen LogP contribution in [0, 0.1) is 5.92 Å². The van der Waals surface area contributed by atoms with Gasteiger partial charge in [-0.2, -0.15) is 11.3 Å². The van der Waals surface area contributed by atoms with E-state index in [1.165, 1.54) is 11.1 Å². The van der Waals surface area contributed by atoms with Crippen LogP contribution in [-0.2, 0) is 6.54 Å². The van der Waals surface area contributed by atoms with Crippen molar-refractivity contribution in [3.05, 3.63) is 46.4 Å². The Morgan fingerprint density at radius 1 is 1.35 bits per heavy atom. The summed E-state index contributed by atoms with van der Waals surface area (Å²) in [6.07, 6.45) is 4.42. The molecular weight excluding hydrogens is 228 g/mol. The molecule has 1 N–H and O–H groups in total. The lowest BCUT2D eigenvalue weighted by atomic mass is 9.99. The summed E-state index contributed by atoms with van der Waals surface area (Å²) in [6, 6.07) is 4.84. The van der Waals surface area contributed by atoms with Crippen LogP contribution in [0.2, 0.25) is 0 Å². The minimum atomic E-state index is 0.443. The van der Waals surface area contributed by atoms with Crippen LogP contribution in [0.5, 0.6) is 0 Å². The summed E-state index contributed by atoms with van der Waals surface area (Å²) in [5.74, 6) is 0.608. The van der Waals surface area contributed by atoms with Crippen LogP contribution < -0.4 is 5.32 Å². The third kappa shape index (κ3) is 2.99. The number of hydrogen-bond donors (Lipinski definition) is 1. The quantitative estimate of drug-likeness (QED) is 0.856. The fourth-order valence-corrected chi connectivity index (χ4v) is 2.88. The lowest BCUT2D eigenvalue weighted by molar-refractivity contribution is 0.443. The average molecular weight is 248 g/mol.